The average molecular weight is 412 g/mol. The molecule has 0 aliphatic carbocycles. The number of amides is 3. The standard InChI is InChI=1S/C23H13FN4O3/c24-14-7-9-15(10-8-14)25-21(29)13-5-11-16(12-6-13)28-22(30)19-20(23(28)31)27-18-4-2-1-3-17(18)26-19/h1-12H,(H,25,29). The molecule has 0 bridgehead atoms. The number of aromatic nitrogens is 2. The summed E-state index contributed by atoms with van der Waals surface area (Å²) in [5.41, 5.74) is 2.11. The lowest BCUT2D eigenvalue weighted by atomic mass is 10.1. The summed E-state index contributed by atoms with van der Waals surface area (Å²) in [7, 11) is 0. The monoisotopic (exact) mass is 412 g/mol. The van der Waals surface area contributed by atoms with Gasteiger partial charge in [-0.2, -0.15) is 0 Å². The van der Waals surface area contributed by atoms with Crippen LogP contribution in [0.5, 0.6) is 0 Å². The number of carbonyl (C=O) groups excluding carboxylic acids is 3. The molecule has 5 rings (SSSR count). The first-order valence-electron chi connectivity index (χ1n) is 9.34. The van der Waals surface area contributed by atoms with Crippen LogP contribution in [-0.4, -0.2) is 27.7 Å². The highest BCUT2D eigenvalue weighted by atomic mass is 19.1. The van der Waals surface area contributed by atoms with Crippen molar-refractivity contribution in [3.8, 4) is 0 Å². The third kappa shape index (κ3) is 3.20. The molecule has 1 aliphatic rings. The van der Waals surface area contributed by atoms with Crippen molar-refractivity contribution in [1.29, 1.82) is 0 Å². The van der Waals surface area contributed by atoms with Crippen LogP contribution in [0.25, 0.3) is 11.0 Å². The Morgan fingerprint density at radius 3 is 1.87 bits per heavy atom. The van der Waals surface area contributed by atoms with E-state index in [2.05, 4.69) is 15.3 Å². The highest BCUT2D eigenvalue weighted by molar-refractivity contribution is 6.33. The molecule has 7 nitrogen and oxygen atoms in total. The van der Waals surface area contributed by atoms with Gasteiger partial charge < -0.3 is 5.32 Å². The minimum Gasteiger partial charge on any atom is -0.322 e. The first-order valence-corrected chi connectivity index (χ1v) is 9.34. The Balaban J connectivity index is 1.41. The van der Waals surface area contributed by atoms with Gasteiger partial charge in [-0.05, 0) is 60.7 Å². The first-order chi connectivity index (χ1) is 15.0. The van der Waals surface area contributed by atoms with E-state index in [1.807, 2.05) is 0 Å². The summed E-state index contributed by atoms with van der Waals surface area (Å²) in [5.74, 6) is -1.95. The van der Waals surface area contributed by atoms with Crippen molar-refractivity contribution in [1.82, 2.24) is 9.97 Å². The molecular weight excluding hydrogens is 399 g/mol. The zero-order chi connectivity index (χ0) is 21.5. The number of fused-ring (bicyclic) bond motifs is 2. The number of anilines is 2. The number of hydrogen-bond acceptors (Lipinski definition) is 5. The van der Waals surface area contributed by atoms with Crippen LogP contribution in [0.3, 0.4) is 0 Å². The van der Waals surface area contributed by atoms with E-state index in [-0.39, 0.29) is 11.4 Å². The molecule has 8 heteroatoms. The largest absolute Gasteiger partial charge is 0.322 e. The molecule has 150 valence electrons. The summed E-state index contributed by atoms with van der Waals surface area (Å²) in [6.45, 7) is 0. The lowest BCUT2D eigenvalue weighted by Gasteiger charge is -2.13. The second kappa shape index (κ2) is 7.10. The first kappa shape index (κ1) is 18.6. The third-order valence-corrected chi connectivity index (χ3v) is 4.87. The molecule has 2 heterocycles. The molecule has 0 spiro atoms. The van der Waals surface area contributed by atoms with Crippen molar-refractivity contribution >= 4 is 40.1 Å². The maximum Gasteiger partial charge on any atom is 0.286 e. The lowest BCUT2D eigenvalue weighted by Crippen LogP contribution is -2.29. The number of para-hydroxylation sites is 2. The summed E-state index contributed by atoms with van der Waals surface area (Å²) in [6.07, 6.45) is 0. The predicted molar refractivity (Wildman–Crippen MR) is 111 cm³/mol. The molecule has 1 aliphatic heterocycles. The second-order valence-electron chi connectivity index (χ2n) is 6.86. The van der Waals surface area contributed by atoms with Crippen molar-refractivity contribution in [3.63, 3.8) is 0 Å². The summed E-state index contributed by atoms with van der Waals surface area (Å²) >= 11 is 0. The molecule has 0 atom stereocenters. The molecule has 0 fully saturated rings. The second-order valence-corrected chi connectivity index (χ2v) is 6.86. The summed E-state index contributed by atoms with van der Waals surface area (Å²) in [4.78, 5) is 47.6. The maximum atomic E-state index is 13.0. The molecule has 0 radical (unpaired) electrons. The highest BCUT2D eigenvalue weighted by Crippen LogP contribution is 2.28. The molecule has 3 amide bonds. The van der Waals surface area contributed by atoms with E-state index < -0.39 is 23.5 Å². The third-order valence-electron chi connectivity index (χ3n) is 4.87. The molecule has 0 saturated heterocycles. The van der Waals surface area contributed by atoms with Crippen LogP contribution in [-0.2, 0) is 0 Å². The van der Waals surface area contributed by atoms with Gasteiger partial charge in [0.2, 0.25) is 0 Å². The van der Waals surface area contributed by atoms with E-state index in [0.717, 1.165) is 4.90 Å². The molecule has 1 aromatic heterocycles. The van der Waals surface area contributed by atoms with Gasteiger partial charge in [0.15, 0.2) is 11.4 Å². The normalized spacial score (nSPS) is 12.9. The van der Waals surface area contributed by atoms with Crippen LogP contribution in [0.2, 0.25) is 0 Å². The fourth-order valence-electron chi connectivity index (χ4n) is 3.34. The zero-order valence-electron chi connectivity index (χ0n) is 15.9. The Labute approximate surface area is 175 Å². The smallest absolute Gasteiger partial charge is 0.286 e. The molecule has 31 heavy (non-hydrogen) atoms. The average Bonchev–Trinajstić information content (AvgIpc) is 3.03. The topological polar surface area (TPSA) is 92.3 Å². The van der Waals surface area contributed by atoms with Gasteiger partial charge in [-0.1, -0.05) is 12.1 Å². The number of imide groups is 1. The Morgan fingerprint density at radius 1 is 0.774 bits per heavy atom. The van der Waals surface area contributed by atoms with E-state index in [1.54, 1.807) is 24.3 Å². The van der Waals surface area contributed by atoms with Gasteiger partial charge in [0, 0.05) is 11.3 Å². The molecule has 4 aromatic rings. The molecule has 1 N–H and O–H groups in total. The fraction of sp³-hybridized carbons (Fsp3) is 0. The molecular formula is C23H13FN4O3. The van der Waals surface area contributed by atoms with Gasteiger partial charge in [0.1, 0.15) is 5.82 Å². The SMILES string of the molecule is O=C(Nc1ccc(F)cc1)c1ccc(N2C(=O)c3nc4ccccc4nc3C2=O)cc1. The van der Waals surface area contributed by atoms with Crippen molar-refractivity contribution < 1.29 is 18.8 Å². The van der Waals surface area contributed by atoms with Crippen molar-refractivity contribution in [2.75, 3.05) is 10.2 Å². The van der Waals surface area contributed by atoms with E-state index in [1.165, 1.54) is 48.5 Å². The number of benzene rings is 3. The predicted octanol–water partition coefficient (Wildman–Crippen LogP) is 3.82. The number of nitrogens with one attached hydrogen (secondary N) is 1. The zero-order valence-corrected chi connectivity index (χ0v) is 15.9. The number of halogens is 1. The lowest BCUT2D eigenvalue weighted by molar-refractivity contribution is 0.0922. The van der Waals surface area contributed by atoms with Crippen molar-refractivity contribution in [3.05, 3.63) is 95.6 Å². The number of nitrogens with zero attached hydrogens (tertiary/aromatic N) is 3. The van der Waals surface area contributed by atoms with Gasteiger partial charge >= 0.3 is 0 Å². The van der Waals surface area contributed by atoms with Gasteiger partial charge in [-0.25, -0.2) is 19.3 Å². The van der Waals surface area contributed by atoms with Gasteiger partial charge in [0.05, 0.1) is 16.7 Å². The summed E-state index contributed by atoms with van der Waals surface area (Å²) in [5, 5.41) is 2.65. The Bertz CT molecular complexity index is 1310. The van der Waals surface area contributed by atoms with Crippen molar-refractivity contribution in [2.24, 2.45) is 0 Å². The molecule has 3 aromatic carbocycles. The maximum absolute atomic E-state index is 13.0. The quantitative estimate of drug-likeness (QED) is 0.517. The molecule has 0 unspecified atom stereocenters. The number of carbonyl (C=O) groups is 3. The van der Waals surface area contributed by atoms with Crippen LogP contribution in [0, 0.1) is 5.82 Å². The van der Waals surface area contributed by atoms with Gasteiger partial charge in [-0.15, -0.1) is 0 Å². The van der Waals surface area contributed by atoms with E-state index in [0.29, 0.717) is 28.0 Å². The minimum absolute atomic E-state index is 0.00169. The van der Waals surface area contributed by atoms with E-state index in [9.17, 15) is 18.8 Å². The van der Waals surface area contributed by atoms with Crippen LogP contribution in [0.15, 0.2) is 72.8 Å². The van der Waals surface area contributed by atoms with Crippen molar-refractivity contribution in [2.45, 2.75) is 0 Å². The minimum atomic E-state index is -0.568. The van der Waals surface area contributed by atoms with E-state index >= 15 is 0 Å². The fourth-order valence-corrected chi connectivity index (χ4v) is 3.34. The Morgan fingerprint density at radius 2 is 1.32 bits per heavy atom. The van der Waals surface area contributed by atoms with Crippen LogP contribution in [0.4, 0.5) is 15.8 Å². The Hall–Kier alpha value is -4.46. The van der Waals surface area contributed by atoms with E-state index in [4.69, 9.17) is 0 Å². The number of rotatable bonds is 3. The molecule has 0 saturated carbocycles. The van der Waals surface area contributed by atoms with Crippen LogP contribution >= 0.6 is 0 Å². The number of hydrogen-bond donors (Lipinski definition) is 1. The summed E-state index contributed by atoms with van der Waals surface area (Å²) in [6, 6.07) is 18.4. The van der Waals surface area contributed by atoms with Gasteiger partial charge in [0.25, 0.3) is 17.7 Å². The van der Waals surface area contributed by atoms with Crippen LogP contribution in [0.1, 0.15) is 31.3 Å². The highest BCUT2D eigenvalue weighted by Gasteiger charge is 2.40. The Kier molecular flexibility index (Phi) is 4.25. The van der Waals surface area contributed by atoms with Gasteiger partial charge in [-0.3, -0.25) is 14.4 Å². The summed E-state index contributed by atoms with van der Waals surface area (Å²) < 4.78 is 13.0. The van der Waals surface area contributed by atoms with Crippen LogP contribution < -0.4 is 10.2 Å².